The lowest BCUT2D eigenvalue weighted by atomic mass is 10.0. The number of halogens is 4. The molecule has 0 saturated carbocycles. The Morgan fingerprint density at radius 2 is 1.77 bits per heavy atom. The Morgan fingerprint density at radius 1 is 1.08 bits per heavy atom. The smallest absolute Gasteiger partial charge is 0.258 e. The Balaban J connectivity index is 1.83. The third-order valence-corrected chi connectivity index (χ3v) is 4.75. The van der Waals surface area contributed by atoms with E-state index in [1.807, 2.05) is 0 Å². The second-order valence-corrected chi connectivity index (χ2v) is 6.96. The molecule has 3 aromatic carbocycles. The molecular weight excluding hydrogens is 446 g/mol. The Kier molecular flexibility index (Phi) is 5.50. The summed E-state index contributed by atoms with van der Waals surface area (Å²) in [6.07, 6.45) is 0. The van der Waals surface area contributed by atoms with E-state index in [1.54, 1.807) is 36.4 Å². The van der Waals surface area contributed by atoms with E-state index >= 15 is 0 Å². The average Bonchev–Trinajstić information content (AvgIpc) is 2.58. The summed E-state index contributed by atoms with van der Waals surface area (Å²) in [6.45, 7) is 0. The predicted octanol–water partition coefficient (Wildman–Crippen LogP) is 5.66. The molecule has 0 spiro atoms. The number of anilines is 1. The van der Waals surface area contributed by atoms with Crippen molar-refractivity contribution in [3.8, 4) is 0 Å². The third-order valence-electron chi connectivity index (χ3n) is 3.59. The standard InChI is InChI=1S/C18H10BrClF2N2OS/c19-13-7-9(21)8-15(22)16(13)23-18(26)24-17(25)12-5-1-4-11-10(12)3-2-6-14(11)20/h1-8H,(H2,23,24,25,26). The van der Waals surface area contributed by atoms with Crippen LogP contribution in [0.25, 0.3) is 10.8 Å². The number of thiocarbonyl (C=S) groups is 1. The molecule has 3 nitrogen and oxygen atoms in total. The predicted molar refractivity (Wildman–Crippen MR) is 107 cm³/mol. The van der Waals surface area contributed by atoms with Crippen LogP contribution in [-0.2, 0) is 0 Å². The molecule has 0 aromatic heterocycles. The number of hydrogen-bond donors (Lipinski definition) is 2. The zero-order valence-corrected chi connectivity index (χ0v) is 16.1. The number of fused-ring (bicyclic) bond motifs is 1. The highest BCUT2D eigenvalue weighted by Gasteiger charge is 2.15. The van der Waals surface area contributed by atoms with Crippen molar-refractivity contribution in [2.45, 2.75) is 0 Å². The summed E-state index contributed by atoms with van der Waals surface area (Å²) in [5.41, 5.74) is 0.297. The van der Waals surface area contributed by atoms with Gasteiger partial charge in [0.15, 0.2) is 10.9 Å². The summed E-state index contributed by atoms with van der Waals surface area (Å²) in [5.74, 6) is -2.05. The van der Waals surface area contributed by atoms with Crippen LogP contribution in [0.15, 0.2) is 53.0 Å². The molecule has 0 atom stereocenters. The number of rotatable bonds is 2. The van der Waals surface area contributed by atoms with E-state index in [2.05, 4.69) is 26.6 Å². The first-order valence-electron chi connectivity index (χ1n) is 7.31. The first kappa shape index (κ1) is 18.7. The monoisotopic (exact) mass is 454 g/mol. The minimum absolute atomic E-state index is 0.0716. The van der Waals surface area contributed by atoms with Crippen molar-refractivity contribution < 1.29 is 13.6 Å². The SMILES string of the molecule is O=C(NC(=S)Nc1c(F)cc(F)cc1Br)c1cccc2c(Cl)cccc12. The van der Waals surface area contributed by atoms with Crippen LogP contribution >= 0.6 is 39.7 Å². The van der Waals surface area contributed by atoms with Gasteiger partial charge in [-0.3, -0.25) is 10.1 Å². The fourth-order valence-electron chi connectivity index (χ4n) is 2.45. The van der Waals surface area contributed by atoms with Crippen molar-refractivity contribution in [1.82, 2.24) is 5.32 Å². The molecule has 0 radical (unpaired) electrons. The molecule has 3 rings (SSSR count). The lowest BCUT2D eigenvalue weighted by Gasteiger charge is -2.13. The van der Waals surface area contributed by atoms with Crippen LogP contribution in [0.1, 0.15) is 10.4 Å². The minimum atomic E-state index is -0.842. The van der Waals surface area contributed by atoms with Gasteiger partial charge in [0, 0.05) is 26.5 Å². The zero-order chi connectivity index (χ0) is 18.8. The Hall–Kier alpha value is -2.09. The van der Waals surface area contributed by atoms with Gasteiger partial charge in [0.1, 0.15) is 5.82 Å². The van der Waals surface area contributed by atoms with Crippen LogP contribution in [-0.4, -0.2) is 11.0 Å². The van der Waals surface area contributed by atoms with E-state index in [4.69, 9.17) is 23.8 Å². The molecule has 1 amide bonds. The van der Waals surface area contributed by atoms with Gasteiger partial charge in [0.05, 0.1) is 5.69 Å². The summed E-state index contributed by atoms with van der Waals surface area (Å²) in [5, 5.41) is 6.82. The molecule has 3 aromatic rings. The van der Waals surface area contributed by atoms with Crippen LogP contribution in [0.5, 0.6) is 0 Å². The van der Waals surface area contributed by atoms with Crippen LogP contribution in [0.4, 0.5) is 14.5 Å². The molecular formula is C18H10BrClF2N2OS. The number of hydrogen-bond acceptors (Lipinski definition) is 2. The topological polar surface area (TPSA) is 41.1 Å². The lowest BCUT2D eigenvalue weighted by molar-refractivity contribution is 0.0979. The van der Waals surface area contributed by atoms with E-state index in [0.29, 0.717) is 22.0 Å². The third kappa shape index (κ3) is 3.85. The highest BCUT2D eigenvalue weighted by molar-refractivity contribution is 9.10. The van der Waals surface area contributed by atoms with Crippen LogP contribution in [0.3, 0.4) is 0 Å². The zero-order valence-electron chi connectivity index (χ0n) is 12.9. The van der Waals surface area contributed by atoms with Gasteiger partial charge in [-0.05, 0) is 51.7 Å². The number of carbonyl (C=O) groups is 1. The number of amides is 1. The molecule has 132 valence electrons. The summed E-state index contributed by atoms with van der Waals surface area (Å²) >= 11 is 14.3. The van der Waals surface area contributed by atoms with Gasteiger partial charge in [-0.15, -0.1) is 0 Å². The quantitative estimate of drug-likeness (QED) is 0.490. The molecule has 0 aliphatic carbocycles. The van der Waals surface area contributed by atoms with Gasteiger partial charge in [0.2, 0.25) is 0 Å². The summed E-state index contributed by atoms with van der Waals surface area (Å²) < 4.78 is 27.2. The molecule has 8 heteroatoms. The Morgan fingerprint density at radius 3 is 2.50 bits per heavy atom. The normalized spacial score (nSPS) is 10.6. The van der Waals surface area contributed by atoms with Crippen molar-refractivity contribution in [3.63, 3.8) is 0 Å². The highest BCUT2D eigenvalue weighted by atomic mass is 79.9. The molecule has 0 aliphatic heterocycles. The van der Waals surface area contributed by atoms with Crippen LogP contribution in [0, 0.1) is 11.6 Å². The van der Waals surface area contributed by atoms with Gasteiger partial charge >= 0.3 is 0 Å². The Labute approximate surface area is 166 Å². The van der Waals surface area contributed by atoms with Crippen molar-refractivity contribution in [2.75, 3.05) is 5.32 Å². The molecule has 2 N–H and O–H groups in total. The molecule has 0 heterocycles. The number of benzene rings is 3. The fraction of sp³-hybridized carbons (Fsp3) is 0. The molecule has 0 bridgehead atoms. The highest BCUT2D eigenvalue weighted by Crippen LogP contribution is 2.27. The molecule has 0 saturated heterocycles. The first-order chi connectivity index (χ1) is 12.4. The van der Waals surface area contributed by atoms with E-state index in [9.17, 15) is 13.6 Å². The first-order valence-corrected chi connectivity index (χ1v) is 8.89. The summed E-state index contributed by atoms with van der Waals surface area (Å²) in [6, 6.07) is 12.2. The maximum atomic E-state index is 13.9. The van der Waals surface area contributed by atoms with E-state index in [1.165, 1.54) is 0 Å². The van der Waals surface area contributed by atoms with E-state index in [0.717, 1.165) is 11.5 Å². The maximum absolute atomic E-state index is 13.9. The molecule has 0 fully saturated rings. The van der Waals surface area contributed by atoms with Gasteiger partial charge < -0.3 is 5.32 Å². The second-order valence-electron chi connectivity index (χ2n) is 5.29. The van der Waals surface area contributed by atoms with Crippen molar-refractivity contribution in [3.05, 3.63) is 75.2 Å². The fourth-order valence-corrected chi connectivity index (χ4v) is 3.39. The Bertz CT molecular complexity index is 1020. The van der Waals surface area contributed by atoms with E-state index in [-0.39, 0.29) is 15.3 Å². The van der Waals surface area contributed by atoms with Gasteiger partial charge in [-0.25, -0.2) is 8.78 Å². The molecule has 0 aliphatic rings. The largest absolute Gasteiger partial charge is 0.329 e. The van der Waals surface area contributed by atoms with Gasteiger partial charge in [-0.1, -0.05) is 35.9 Å². The number of nitrogens with one attached hydrogen (secondary N) is 2. The average molecular weight is 456 g/mol. The lowest BCUT2D eigenvalue weighted by Crippen LogP contribution is -2.34. The van der Waals surface area contributed by atoms with Crippen molar-refractivity contribution >= 4 is 67.2 Å². The van der Waals surface area contributed by atoms with Crippen LogP contribution in [0.2, 0.25) is 5.02 Å². The number of carbonyl (C=O) groups excluding carboxylic acids is 1. The van der Waals surface area contributed by atoms with Crippen molar-refractivity contribution in [1.29, 1.82) is 0 Å². The van der Waals surface area contributed by atoms with Gasteiger partial charge in [0.25, 0.3) is 5.91 Å². The summed E-state index contributed by atoms with van der Waals surface area (Å²) in [7, 11) is 0. The van der Waals surface area contributed by atoms with Crippen molar-refractivity contribution in [2.24, 2.45) is 0 Å². The van der Waals surface area contributed by atoms with Crippen LogP contribution < -0.4 is 10.6 Å². The van der Waals surface area contributed by atoms with E-state index < -0.39 is 17.5 Å². The maximum Gasteiger partial charge on any atom is 0.258 e. The molecule has 26 heavy (non-hydrogen) atoms. The minimum Gasteiger partial charge on any atom is -0.329 e. The molecule has 0 unspecified atom stereocenters. The second kappa shape index (κ2) is 7.65. The van der Waals surface area contributed by atoms with Gasteiger partial charge in [-0.2, -0.15) is 0 Å². The summed E-state index contributed by atoms with van der Waals surface area (Å²) in [4.78, 5) is 12.5.